The fourth-order valence-corrected chi connectivity index (χ4v) is 1.79. The predicted octanol–water partition coefficient (Wildman–Crippen LogP) is 1.87. The molecule has 0 fully saturated rings. The van der Waals surface area contributed by atoms with Gasteiger partial charge < -0.3 is 10.2 Å². The van der Waals surface area contributed by atoms with Crippen molar-refractivity contribution >= 4 is 5.91 Å². The van der Waals surface area contributed by atoms with Crippen LogP contribution in [0.4, 0.5) is 0 Å². The van der Waals surface area contributed by atoms with Gasteiger partial charge in [0.25, 0.3) is 0 Å². The minimum atomic E-state index is 0.180. The Balaban J connectivity index is 2.61. The first kappa shape index (κ1) is 13.7. The molecule has 1 rings (SSSR count). The van der Waals surface area contributed by atoms with Gasteiger partial charge in [-0.15, -0.1) is 0 Å². The number of hydrogen-bond donors (Lipinski definition) is 1. The number of amides is 1. The maximum absolute atomic E-state index is 11.8. The maximum Gasteiger partial charge on any atom is 0.223 e. The Morgan fingerprint density at radius 1 is 1.35 bits per heavy atom. The number of aryl methyl sites for hydroxylation is 2. The number of nitrogens with zero attached hydrogens (tertiary/aromatic N) is 1. The fraction of sp³-hybridized carbons (Fsp3) is 0.500. The largest absolute Gasteiger partial charge is 0.341 e. The number of carbonyl (C=O) groups excluding carboxylic acids is 1. The van der Waals surface area contributed by atoms with Crippen molar-refractivity contribution in [2.45, 2.75) is 26.8 Å². The molecule has 0 saturated carbocycles. The molecule has 0 radical (unpaired) electrons. The van der Waals surface area contributed by atoms with Crippen LogP contribution >= 0.6 is 0 Å². The summed E-state index contributed by atoms with van der Waals surface area (Å²) in [6.07, 6.45) is 0.553. The van der Waals surface area contributed by atoms with E-state index in [1.165, 1.54) is 16.7 Å². The molecule has 3 heteroatoms. The number of carbonyl (C=O) groups is 1. The maximum atomic E-state index is 11.8. The van der Waals surface area contributed by atoms with Crippen LogP contribution in [0.3, 0.4) is 0 Å². The van der Waals surface area contributed by atoms with E-state index in [0.29, 0.717) is 13.0 Å². The second-order valence-electron chi connectivity index (χ2n) is 4.53. The van der Waals surface area contributed by atoms with Crippen molar-refractivity contribution in [3.05, 3.63) is 34.9 Å². The number of rotatable bonds is 5. The Labute approximate surface area is 104 Å². The van der Waals surface area contributed by atoms with E-state index in [0.717, 1.165) is 6.54 Å². The van der Waals surface area contributed by atoms with Crippen LogP contribution in [-0.2, 0) is 11.3 Å². The van der Waals surface area contributed by atoms with Gasteiger partial charge in [0.05, 0.1) is 0 Å². The third-order valence-electron chi connectivity index (χ3n) is 2.92. The van der Waals surface area contributed by atoms with Crippen molar-refractivity contribution in [1.82, 2.24) is 10.2 Å². The molecule has 0 aliphatic heterocycles. The van der Waals surface area contributed by atoms with Gasteiger partial charge in [0, 0.05) is 26.6 Å². The summed E-state index contributed by atoms with van der Waals surface area (Å²) in [7, 11) is 3.72. The lowest BCUT2D eigenvalue weighted by molar-refractivity contribution is -0.130. The van der Waals surface area contributed by atoms with E-state index in [1.54, 1.807) is 4.90 Å². The third kappa shape index (κ3) is 4.19. The monoisotopic (exact) mass is 234 g/mol. The zero-order valence-corrected chi connectivity index (χ0v) is 11.2. The molecule has 17 heavy (non-hydrogen) atoms. The van der Waals surface area contributed by atoms with Crippen LogP contribution in [-0.4, -0.2) is 31.4 Å². The van der Waals surface area contributed by atoms with Crippen LogP contribution in [0.2, 0.25) is 0 Å². The predicted molar refractivity (Wildman–Crippen MR) is 70.9 cm³/mol. The van der Waals surface area contributed by atoms with E-state index in [2.05, 4.69) is 37.4 Å². The molecule has 94 valence electrons. The van der Waals surface area contributed by atoms with E-state index < -0.39 is 0 Å². The lowest BCUT2D eigenvalue weighted by Crippen LogP contribution is -2.28. The topological polar surface area (TPSA) is 32.3 Å². The molecule has 0 aromatic heterocycles. The standard InChI is InChI=1S/C14H22N2O/c1-11-5-6-13(12(2)9-11)10-16(4)14(17)7-8-15-3/h5-6,9,15H,7-8,10H2,1-4H3. The molecule has 0 saturated heterocycles. The van der Waals surface area contributed by atoms with Gasteiger partial charge in [-0.2, -0.15) is 0 Å². The van der Waals surface area contributed by atoms with Crippen LogP contribution in [0.1, 0.15) is 23.1 Å². The molecule has 0 unspecified atom stereocenters. The zero-order valence-electron chi connectivity index (χ0n) is 11.2. The van der Waals surface area contributed by atoms with Crippen LogP contribution in [0.25, 0.3) is 0 Å². The molecule has 0 atom stereocenters. The van der Waals surface area contributed by atoms with Gasteiger partial charge in [0.2, 0.25) is 5.91 Å². The Hall–Kier alpha value is -1.35. The zero-order chi connectivity index (χ0) is 12.8. The van der Waals surface area contributed by atoms with Crippen molar-refractivity contribution in [2.24, 2.45) is 0 Å². The van der Waals surface area contributed by atoms with E-state index in [9.17, 15) is 4.79 Å². The van der Waals surface area contributed by atoms with Gasteiger partial charge in [-0.25, -0.2) is 0 Å². The molecular weight excluding hydrogens is 212 g/mol. The second-order valence-corrected chi connectivity index (χ2v) is 4.53. The molecule has 0 heterocycles. The first-order chi connectivity index (χ1) is 8.04. The molecule has 1 N–H and O–H groups in total. The normalized spacial score (nSPS) is 10.4. The molecule has 1 aromatic rings. The molecule has 0 spiro atoms. The highest BCUT2D eigenvalue weighted by molar-refractivity contribution is 5.76. The van der Waals surface area contributed by atoms with E-state index in [4.69, 9.17) is 0 Å². The highest BCUT2D eigenvalue weighted by Crippen LogP contribution is 2.12. The molecule has 1 aromatic carbocycles. The van der Waals surface area contributed by atoms with Crippen LogP contribution < -0.4 is 5.32 Å². The summed E-state index contributed by atoms with van der Waals surface area (Å²) in [5.41, 5.74) is 3.73. The highest BCUT2D eigenvalue weighted by atomic mass is 16.2. The second kappa shape index (κ2) is 6.40. The SMILES string of the molecule is CNCCC(=O)N(C)Cc1ccc(C)cc1C. The van der Waals surface area contributed by atoms with Crippen LogP contribution in [0.15, 0.2) is 18.2 Å². The van der Waals surface area contributed by atoms with Crippen LogP contribution in [0.5, 0.6) is 0 Å². The van der Waals surface area contributed by atoms with Gasteiger partial charge in [-0.05, 0) is 32.0 Å². The number of benzene rings is 1. The van der Waals surface area contributed by atoms with Gasteiger partial charge >= 0.3 is 0 Å². The Morgan fingerprint density at radius 3 is 2.65 bits per heavy atom. The van der Waals surface area contributed by atoms with Crippen molar-refractivity contribution in [1.29, 1.82) is 0 Å². The van der Waals surface area contributed by atoms with Gasteiger partial charge in [0.15, 0.2) is 0 Å². The van der Waals surface area contributed by atoms with Crippen LogP contribution in [0, 0.1) is 13.8 Å². The minimum Gasteiger partial charge on any atom is -0.341 e. The summed E-state index contributed by atoms with van der Waals surface area (Å²) < 4.78 is 0. The molecule has 0 bridgehead atoms. The summed E-state index contributed by atoms with van der Waals surface area (Å²) in [5, 5.41) is 2.99. The first-order valence-corrected chi connectivity index (χ1v) is 5.99. The van der Waals surface area contributed by atoms with E-state index >= 15 is 0 Å². The minimum absolute atomic E-state index is 0.180. The Bertz CT molecular complexity index is 388. The molecule has 3 nitrogen and oxygen atoms in total. The smallest absolute Gasteiger partial charge is 0.223 e. The highest BCUT2D eigenvalue weighted by Gasteiger charge is 2.09. The van der Waals surface area contributed by atoms with Gasteiger partial charge in [-0.1, -0.05) is 23.8 Å². The van der Waals surface area contributed by atoms with Crippen molar-refractivity contribution in [3.63, 3.8) is 0 Å². The quantitative estimate of drug-likeness (QED) is 0.843. The summed E-state index contributed by atoms with van der Waals surface area (Å²) >= 11 is 0. The van der Waals surface area contributed by atoms with Gasteiger partial charge in [0.1, 0.15) is 0 Å². The average Bonchev–Trinajstić information content (AvgIpc) is 2.29. The molecule has 0 aliphatic carbocycles. The summed E-state index contributed by atoms with van der Waals surface area (Å²) in [6.45, 7) is 5.59. The van der Waals surface area contributed by atoms with Crippen molar-refractivity contribution in [3.8, 4) is 0 Å². The summed E-state index contributed by atoms with van der Waals surface area (Å²) in [4.78, 5) is 13.6. The Kier molecular flexibility index (Phi) is 5.16. The summed E-state index contributed by atoms with van der Waals surface area (Å²) in [6, 6.07) is 6.35. The van der Waals surface area contributed by atoms with Crippen molar-refractivity contribution < 1.29 is 4.79 Å². The van der Waals surface area contributed by atoms with E-state index in [-0.39, 0.29) is 5.91 Å². The average molecular weight is 234 g/mol. The fourth-order valence-electron chi connectivity index (χ4n) is 1.79. The van der Waals surface area contributed by atoms with Gasteiger partial charge in [-0.3, -0.25) is 4.79 Å². The molecule has 0 aliphatic rings. The number of hydrogen-bond acceptors (Lipinski definition) is 2. The lowest BCUT2D eigenvalue weighted by Gasteiger charge is -2.18. The third-order valence-corrected chi connectivity index (χ3v) is 2.92. The summed E-state index contributed by atoms with van der Waals surface area (Å²) in [5.74, 6) is 0.180. The van der Waals surface area contributed by atoms with E-state index in [1.807, 2.05) is 14.1 Å². The molecule has 1 amide bonds. The number of nitrogens with one attached hydrogen (secondary N) is 1. The van der Waals surface area contributed by atoms with Crippen molar-refractivity contribution in [2.75, 3.05) is 20.6 Å². The first-order valence-electron chi connectivity index (χ1n) is 5.99. The molecular formula is C14H22N2O. The lowest BCUT2D eigenvalue weighted by atomic mass is 10.1. The Morgan fingerprint density at radius 2 is 2.06 bits per heavy atom.